The summed E-state index contributed by atoms with van der Waals surface area (Å²) >= 11 is 0. The Morgan fingerprint density at radius 1 is 1.07 bits per heavy atom. The van der Waals surface area contributed by atoms with Gasteiger partial charge in [-0.15, -0.1) is 0 Å². The van der Waals surface area contributed by atoms with Gasteiger partial charge >= 0.3 is 0 Å². The molecule has 1 aliphatic rings. The van der Waals surface area contributed by atoms with E-state index >= 15 is 0 Å². The van der Waals surface area contributed by atoms with Gasteiger partial charge in [-0.2, -0.15) is 4.98 Å². The molecule has 1 aliphatic carbocycles. The van der Waals surface area contributed by atoms with Gasteiger partial charge < -0.3 is 14.6 Å². The summed E-state index contributed by atoms with van der Waals surface area (Å²) in [5, 5.41) is 6.96. The monoisotopic (exact) mass is 363 g/mol. The Kier molecular flexibility index (Phi) is 4.87. The smallest absolute Gasteiger partial charge is 0.255 e. The number of nitrogens with zero attached hydrogens (tertiary/aromatic N) is 2. The molecular weight excluding hydrogens is 342 g/mol. The van der Waals surface area contributed by atoms with Crippen LogP contribution in [0.5, 0.6) is 5.75 Å². The molecule has 6 heteroatoms. The summed E-state index contributed by atoms with van der Waals surface area (Å²) in [5.74, 6) is 2.25. The minimum Gasteiger partial charge on any atom is -0.497 e. The molecule has 6 nitrogen and oxygen atoms in total. The molecule has 0 saturated heterocycles. The van der Waals surface area contributed by atoms with Crippen molar-refractivity contribution in [3.63, 3.8) is 0 Å². The molecular formula is C21H21N3O3. The average Bonchev–Trinajstić information content (AvgIpc) is 3.40. The zero-order valence-corrected chi connectivity index (χ0v) is 15.1. The highest BCUT2D eigenvalue weighted by Crippen LogP contribution is 2.33. The van der Waals surface area contributed by atoms with E-state index in [4.69, 9.17) is 9.26 Å². The van der Waals surface area contributed by atoms with Gasteiger partial charge in [-0.05, 0) is 49.2 Å². The van der Waals surface area contributed by atoms with Crippen molar-refractivity contribution in [2.24, 2.45) is 0 Å². The summed E-state index contributed by atoms with van der Waals surface area (Å²) in [6.45, 7) is 0. The van der Waals surface area contributed by atoms with Crippen molar-refractivity contribution in [3.8, 4) is 17.1 Å². The van der Waals surface area contributed by atoms with Crippen LogP contribution in [-0.4, -0.2) is 23.2 Å². The number of rotatable bonds is 5. The van der Waals surface area contributed by atoms with Crippen molar-refractivity contribution in [2.45, 2.75) is 31.6 Å². The molecule has 0 aliphatic heterocycles. The van der Waals surface area contributed by atoms with Crippen LogP contribution in [0.1, 0.15) is 47.8 Å². The quantitative estimate of drug-likeness (QED) is 0.714. The molecule has 1 saturated carbocycles. The Morgan fingerprint density at radius 2 is 1.78 bits per heavy atom. The molecule has 3 aromatic rings. The molecule has 1 heterocycles. The number of ether oxygens (including phenoxy) is 1. The Balaban J connectivity index is 1.44. The fraction of sp³-hybridized carbons (Fsp3) is 0.286. The standard InChI is InChI=1S/C21H21N3O3/c1-26-18-12-10-17(11-13-18)22-20(25)15-8-6-14(7-9-15)19-23-21(27-24-19)16-4-2-3-5-16/h6-13,16H,2-5H2,1H3,(H,22,25). The van der Waals surface area contributed by atoms with Crippen molar-refractivity contribution in [1.82, 2.24) is 10.1 Å². The first-order valence-corrected chi connectivity index (χ1v) is 9.12. The number of amides is 1. The lowest BCUT2D eigenvalue weighted by atomic mass is 10.1. The zero-order chi connectivity index (χ0) is 18.6. The van der Waals surface area contributed by atoms with Crippen LogP contribution < -0.4 is 10.1 Å². The Labute approximate surface area is 157 Å². The molecule has 0 atom stereocenters. The summed E-state index contributed by atoms with van der Waals surface area (Å²) in [4.78, 5) is 16.9. The summed E-state index contributed by atoms with van der Waals surface area (Å²) in [7, 11) is 1.61. The summed E-state index contributed by atoms with van der Waals surface area (Å²) in [6, 6.07) is 14.4. The van der Waals surface area contributed by atoms with Crippen molar-refractivity contribution < 1.29 is 14.1 Å². The SMILES string of the molecule is COc1ccc(NC(=O)c2ccc(-c3noc(C4CCCC4)n3)cc2)cc1. The first-order valence-electron chi connectivity index (χ1n) is 9.12. The number of methoxy groups -OCH3 is 1. The van der Waals surface area contributed by atoms with E-state index in [-0.39, 0.29) is 5.91 Å². The number of hydrogen-bond donors (Lipinski definition) is 1. The number of nitrogens with one attached hydrogen (secondary N) is 1. The van der Waals surface area contributed by atoms with Crippen molar-refractivity contribution in [1.29, 1.82) is 0 Å². The maximum absolute atomic E-state index is 12.4. The highest BCUT2D eigenvalue weighted by Gasteiger charge is 2.23. The van der Waals surface area contributed by atoms with Gasteiger partial charge in [-0.3, -0.25) is 4.79 Å². The van der Waals surface area contributed by atoms with E-state index < -0.39 is 0 Å². The van der Waals surface area contributed by atoms with Gasteiger partial charge in [0.05, 0.1) is 7.11 Å². The van der Waals surface area contributed by atoms with Crippen LogP contribution in [0.2, 0.25) is 0 Å². The van der Waals surface area contributed by atoms with E-state index in [1.54, 1.807) is 43.5 Å². The zero-order valence-electron chi connectivity index (χ0n) is 15.1. The fourth-order valence-corrected chi connectivity index (χ4v) is 3.34. The Morgan fingerprint density at radius 3 is 2.44 bits per heavy atom. The third-order valence-electron chi connectivity index (χ3n) is 4.90. The van der Waals surface area contributed by atoms with Gasteiger partial charge in [0.25, 0.3) is 5.91 Å². The highest BCUT2D eigenvalue weighted by molar-refractivity contribution is 6.04. The van der Waals surface area contributed by atoms with Crippen LogP contribution in [0.3, 0.4) is 0 Å². The first kappa shape index (κ1) is 17.3. The van der Waals surface area contributed by atoms with Crippen LogP contribution in [-0.2, 0) is 0 Å². The maximum atomic E-state index is 12.4. The third kappa shape index (κ3) is 3.84. The van der Waals surface area contributed by atoms with Gasteiger partial charge in [0, 0.05) is 22.7 Å². The van der Waals surface area contributed by atoms with Gasteiger partial charge in [-0.25, -0.2) is 0 Å². The van der Waals surface area contributed by atoms with E-state index in [0.29, 0.717) is 23.0 Å². The van der Waals surface area contributed by atoms with E-state index in [1.807, 2.05) is 12.1 Å². The molecule has 1 amide bonds. The number of aromatic nitrogens is 2. The number of anilines is 1. The minimum absolute atomic E-state index is 0.175. The minimum atomic E-state index is -0.175. The molecule has 1 aromatic heterocycles. The number of carbonyl (C=O) groups excluding carboxylic acids is 1. The fourth-order valence-electron chi connectivity index (χ4n) is 3.34. The first-order chi connectivity index (χ1) is 13.2. The molecule has 2 aromatic carbocycles. The maximum Gasteiger partial charge on any atom is 0.255 e. The van der Waals surface area contributed by atoms with Crippen molar-refractivity contribution in [3.05, 3.63) is 60.0 Å². The van der Waals surface area contributed by atoms with Crippen LogP contribution in [0.15, 0.2) is 53.1 Å². The van der Waals surface area contributed by atoms with Crippen LogP contribution in [0, 0.1) is 0 Å². The largest absolute Gasteiger partial charge is 0.497 e. The van der Waals surface area contributed by atoms with Crippen LogP contribution in [0.25, 0.3) is 11.4 Å². The van der Waals surface area contributed by atoms with E-state index in [1.165, 1.54) is 12.8 Å². The van der Waals surface area contributed by atoms with Crippen molar-refractivity contribution >= 4 is 11.6 Å². The molecule has 4 rings (SSSR count). The second-order valence-electron chi connectivity index (χ2n) is 6.70. The molecule has 0 radical (unpaired) electrons. The summed E-state index contributed by atoms with van der Waals surface area (Å²) in [6.07, 6.45) is 4.68. The van der Waals surface area contributed by atoms with E-state index in [9.17, 15) is 4.79 Å². The second kappa shape index (κ2) is 7.61. The van der Waals surface area contributed by atoms with Crippen molar-refractivity contribution in [2.75, 3.05) is 12.4 Å². The molecule has 1 fully saturated rings. The van der Waals surface area contributed by atoms with Gasteiger partial charge in [0.2, 0.25) is 11.7 Å². The lowest BCUT2D eigenvalue weighted by Gasteiger charge is -2.06. The van der Waals surface area contributed by atoms with E-state index in [0.717, 1.165) is 30.0 Å². The predicted molar refractivity (Wildman–Crippen MR) is 102 cm³/mol. The van der Waals surface area contributed by atoms with Gasteiger partial charge in [0.1, 0.15) is 5.75 Å². The molecule has 0 unspecified atom stereocenters. The highest BCUT2D eigenvalue weighted by atomic mass is 16.5. The normalized spacial score (nSPS) is 14.3. The summed E-state index contributed by atoms with van der Waals surface area (Å²) in [5.41, 5.74) is 2.11. The third-order valence-corrected chi connectivity index (χ3v) is 4.90. The molecule has 1 N–H and O–H groups in total. The molecule has 138 valence electrons. The lowest BCUT2D eigenvalue weighted by Crippen LogP contribution is -2.11. The summed E-state index contributed by atoms with van der Waals surface area (Å²) < 4.78 is 10.5. The second-order valence-corrected chi connectivity index (χ2v) is 6.70. The molecule has 27 heavy (non-hydrogen) atoms. The van der Waals surface area contributed by atoms with Gasteiger partial charge in [0.15, 0.2) is 0 Å². The molecule has 0 spiro atoms. The van der Waals surface area contributed by atoms with Crippen LogP contribution >= 0.6 is 0 Å². The number of benzene rings is 2. The lowest BCUT2D eigenvalue weighted by molar-refractivity contribution is 0.102. The Bertz CT molecular complexity index is 911. The predicted octanol–water partition coefficient (Wildman–Crippen LogP) is 4.66. The topological polar surface area (TPSA) is 77.2 Å². The van der Waals surface area contributed by atoms with Gasteiger partial charge in [-0.1, -0.05) is 30.1 Å². The van der Waals surface area contributed by atoms with E-state index in [2.05, 4.69) is 15.5 Å². The number of carbonyl (C=O) groups is 1. The average molecular weight is 363 g/mol. The Hall–Kier alpha value is -3.15. The van der Waals surface area contributed by atoms with Crippen LogP contribution in [0.4, 0.5) is 5.69 Å². The molecule has 0 bridgehead atoms. The number of hydrogen-bond acceptors (Lipinski definition) is 5.